The van der Waals surface area contributed by atoms with Crippen molar-refractivity contribution in [3.8, 4) is 0 Å². The Bertz CT molecular complexity index is 1050. The molecule has 8 heteroatoms. The van der Waals surface area contributed by atoms with E-state index in [9.17, 15) is 0 Å². The number of aryl methyl sites for hydroxylation is 1. The molecule has 0 unspecified atom stereocenters. The Balaban J connectivity index is 1.40. The van der Waals surface area contributed by atoms with Gasteiger partial charge in [-0.05, 0) is 36.8 Å². The van der Waals surface area contributed by atoms with Crippen molar-refractivity contribution in [1.82, 2.24) is 19.5 Å². The summed E-state index contributed by atoms with van der Waals surface area (Å²) in [6.07, 6.45) is 2.94. The summed E-state index contributed by atoms with van der Waals surface area (Å²) in [6.45, 7) is 1.61. The van der Waals surface area contributed by atoms with Gasteiger partial charge in [0.25, 0.3) is 0 Å². The van der Waals surface area contributed by atoms with Crippen LogP contribution in [-0.4, -0.2) is 26.1 Å². The Hall–Kier alpha value is -1.95. The highest BCUT2D eigenvalue weighted by molar-refractivity contribution is 6.38. The van der Waals surface area contributed by atoms with Crippen LogP contribution in [0.4, 0.5) is 5.95 Å². The quantitative estimate of drug-likeness (QED) is 0.353. The van der Waals surface area contributed by atoms with E-state index in [-0.39, 0.29) is 0 Å². The van der Waals surface area contributed by atoms with Crippen molar-refractivity contribution >= 4 is 62.8 Å². The van der Waals surface area contributed by atoms with E-state index in [1.54, 1.807) is 12.1 Å². The number of benzene rings is 1. The van der Waals surface area contributed by atoms with E-state index in [1.807, 2.05) is 24.4 Å². The average molecular weight is 395 g/mol. The Morgan fingerprint density at radius 3 is 2.84 bits per heavy atom. The molecule has 0 radical (unpaired) electrons. The lowest BCUT2D eigenvalue weighted by Gasteiger charge is -2.07. The molecule has 0 saturated carbocycles. The highest BCUT2D eigenvalue weighted by Crippen LogP contribution is 2.28. The lowest BCUT2D eigenvalue weighted by atomic mass is 10.2. The summed E-state index contributed by atoms with van der Waals surface area (Å²) in [5.74, 6) is 0.688. The monoisotopic (exact) mass is 393 g/mol. The number of aromatic amines is 1. The molecule has 0 saturated heterocycles. The van der Waals surface area contributed by atoms with E-state index in [2.05, 4.69) is 24.8 Å². The smallest absolute Gasteiger partial charge is 0.202 e. The predicted molar refractivity (Wildman–Crippen MR) is 104 cm³/mol. The summed E-state index contributed by atoms with van der Waals surface area (Å²) in [6, 6.07) is 9.31. The van der Waals surface area contributed by atoms with Crippen molar-refractivity contribution in [2.45, 2.75) is 13.0 Å². The summed E-state index contributed by atoms with van der Waals surface area (Å²) in [5.41, 5.74) is 2.50. The van der Waals surface area contributed by atoms with Crippen molar-refractivity contribution < 1.29 is 0 Å². The number of H-pyrrole nitrogens is 1. The minimum atomic E-state index is 0.433. The zero-order chi connectivity index (χ0) is 17.4. The molecular formula is C17H14Cl3N5. The van der Waals surface area contributed by atoms with Crippen LogP contribution in [0.1, 0.15) is 6.42 Å². The number of nitrogens with zero attached hydrogens (tertiary/aromatic N) is 3. The molecule has 25 heavy (non-hydrogen) atoms. The molecule has 0 amide bonds. The Morgan fingerprint density at radius 1 is 1.08 bits per heavy atom. The first kappa shape index (κ1) is 16.5. The summed E-state index contributed by atoms with van der Waals surface area (Å²) in [5, 5.41) is 6.03. The third kappa shape index (κ3) is 3.40. The van der Waals surface area contributed by atoms with Gasteiger partial charge in [-0.15, -0.1) is 0 Å². The van der Waals surface area contributed by atoms with Gasteiger partial charge in [0.15, 0.2) is 5.65 Å². The molecule has 1 aromatic carbocycles. The molecule has 0 atom stereocenters. The fourth-order valence-corrected chi connectivity index (χ4v) is 3.51. The number of imidazole rings is 1. The van der Waals surface area contributed by atoms with Crippen LogP contribution in [0.3, 0.4) is 0 Å². The zero-order valence-corrected chi connectivity index (χ0v) is 15.3. The molecule has 3 aromatic heterocycles. The standard InChI is InChI=1S/C17H14Cl3N5/c18-10-8-12(19)11-4-7-25(14(11)9-10)6-1-5-21-17-22-13-2-3-15(20)23-16(13)24-17/h2-4,7-9H,1,5-6H2,(H2,21,22,23,24). The summed E-state index contributed by atoms with van der Waals surface area (Å²) in [7, 11) is 0. The van der Waals surface area contributed by atoms with Gasteiger partial charge >= 0.3 is 0 Å². The van der Waals surface area contributed by atoms with Crippen LogP contribution in [0.5, 0.6) is 0 Å². The maximum absolute atomic E-state index is 6.23. The van der Waals surface area contributed by atoms with Crippen LogP contribution >= 0.6 is 34.8 Å². The highest BCUT2D eigenvalue weighted by Gasteiger charge is 2.07. The first-order chi connectivity index (χ1) is 12.1. The van der Waals surface area contributed by atoms with Crippen molar-refractivity contribution in [2.75, 3.05) is 11.9 Å². The molecule has 4 rings (SSSR count). The minimum Gasteiger partial charge on any atom is -0.356 e. The molecule has 0 aliphatic carbocycles. The van der Waals surface area contributed by atoms with E-state index in [1.165, 1.54) is 0 Å². The molecule has 5 nitrogen and oxygen atoms in total. The fourth-order valence-electron chi connectivity index (χ4n) is 2.82. The van der Waals surface area contributed by atoms with Gasteiger partial charge in [-0.2, -0.15) is 4.98 Å². The Labute approximate surface area is 158 Å². The largest absolute Gasteiger partial charge is 0.356 e. The minimum absolute atomic E-state index is 0.433. The Kier molecular flexibility index (Phi) is 4.46. The average Bonchev–Trinajstić information content (AvgIpc) is 3.15. The van der Waals surface area contributed by atoms with Crippen molar-refractivity contribution in [3.63, 3.8) is 0 Å². The molecule has 0 bridgehead atoms. The molecule has 0 aliphatic heterocycles. The molecule has 128 valence electrons. The number of anilines is 1. The zero-order valence-electron chi connectivity index (χ0n) is 13.1. The van der Waals surface area contributed by atoms with Crippen LogP contribution in [-0.2, 0) is 6.54 Å². The molecule has 0 aliphatic rings. The SMILES string of the molecule is Clc1cc(Cl)c2ccn(CCCNc3nc4nc(Cl)ccc4[nH]3)c2c1. The lowest BCUT2D eigenvalue weighted by Crippen LogP contribution is -2.07. The molecule has 2 N–H and O–H groups in total. The highest BCUT2D eigenvalue weighted by atomic mass is 35.5. The Morgan fingerprint density at radius 2 is 1.96 bits per heavy atom. The van der Waals surface area contributed by atoms with Crippen molar-refractivity contribution in [2.24, 2.45) is 0 Å². The summed E-state index contributed by atoms with van der Waals surface area (Å²) in [4.78, 5) is 11.7. The number of aromatic nitrogens is 4. The number of hydrogen-bond acceptors (Lipinski definition) is 3. The molecule has 3 heterocycles. The maximum Gasteiger partial charge on any atom is 0.202 e. The van der Waals surface area contributed by atoms with E-state index in [0.29, 0.717) is 26.8 Å². The number of pyridine rings is 1. The van der Waals surface area contributed by atoms with Crippen LogP contribution in [0.15, 0.2) is 36.5 Å². The molecule has 4 aromatic rings. The maximum atomic E-state index is 6.23. The van der Waals surface area contributed by atoms with Crippen LogP contribution in [0.25, 0.3) is 22.1 Å². The summed E-state index contributed by atoms with van der Waals surface area (Å²) >= 11 is 18.2. The third-order valence-electron chi connectivity index (χ3n) is 3.98. The number of nitrogens with one attached hydrogen (secondary N) is 2. The summed E-state index contributed by atoms with van der Waals surface area (Å²) < 4.78 is 2.15. The van der Waals surface area contributed by atoms with Crippen LogP contribution in [0, 0.1) is 0 Å². The van der Waals surface area contributed by atoms with Gasteiger partial charge in [0.1, 0.15) is 5.15 Å². The molecule has 0 fully saturated rings. The first-order valence-corrected chi connectivity index (χ1v) is 8.93. The number of fused-ring (bicyclic) bond motifs is 2. The van der Waals surface area contributed by atoms with Crippen molar-refractivity contribution in [3.05, 3.63) is 51.7 Å². The van der Waals surface area contributed by atoms with Gasteiger partial charge in [0, 0.05) is 29.7 Å². The normalized spacial score (nSPS) is 11.5. The number of rotatable bonds is 5. The number of hydrogen-bond donors (Lipinski definition) is 2. The van der Waals surface area contributed by atoms with E-state index in [0.717, 1.165) is 35.9 Å². The van der Waals surface area contributed by atoms with Crippen LogP contribution in [0.2, 0.25) is 15.2 Å². The van der Waals surface area contributed by atoms with Gasteiger partial charge in [-0.25, -0.2) is 4.98 Å². The fraction of sp³-hybridized carbons (Fsp3) is 0.176. The molecular weight excluding hydrogens is 381 g/mol. The van der Waals surface area contributed by atoms with Crippen LogP contribution < -0.4 is 5.32 Å². The van der Waals surface area contributed by atoms with Gasteiger partial charge in [-0.3, -0.25) is 0 Å². The topological polar surface area (TPSA) is 58.5 Å². The number of halogens is 3. The van der Waals surface area contributed by atoms with Gasteiger partial charge < -0.3 is 14.9 Å². The lowest BCUT2D eigenvalue weighted by molar-refractivity contribution is 0.681. The van der Waals surface area contributed by atoms with Crippen molar-refractivity contribution in [1.29, 1.82) is 0 Å². The van der Waals surface area contributed by atoms with Gasteiger partial charge in [0.05, 0.1) is 16.1 Å². The van der Waals surface area contributed by atoms with Gasteiger partial charge in [0.2, 0.25) is 5.95 Å². The van der Waals surface area contributed by atoms with E-state index in [4.69, 9.17) is 34.8 Å². The van der Waals surface area contributed by atoms with E-state index < -0.39 is 0 Å². The first-order valence-electron chi connectivity index (χ1n) is 7.80. The second-order valence-corrected chi connectivity index (χ2v) is 6.93. The van der Waals surface area contributed by atoms with Gasteiger partial charge in [-0.1, -0.05) is 34.8 Å². The predicted octanol–water partition coefficient (Wildman–Crippen LogP) is 5.38. The second-order valence-electron chi connectivity index (χ2n) is 5.70. The second kappa shape index (κ2) is 6.75. The van der Waals surface area contributed by atoms with E-state index >= 15 is 0 Å². The third-order valence-corrected chi connectivity index (χ3v) is 4.72. The molecule has 0 spiro atoms.